The molecule has 0 aromatic heterocycles. The first-order valence-electron chi connectivity index (χ1n) is 3.69. The quantitative estimate of drug-likeness (QED) is 0.560. The predicted octanol–water partition coefficient (Wildman–Crippen LogP) is 1.87. The molecule has 1 aliphatic carbocycles. The molecule has 0 bridgehead atoms. The Kier molecular flexibility index (Phi) is 2.29. The molecular formula is C8H14O. The summed E-state index contributed by atoms with van der Waals surface area (Å²) >= 11 is 0. The number of aliphatic hydroxyl groups excluding tert-OH is 1. The van der Waals surface area contributed by atoms with Crippen molar-refractivity contribution in [2.24, 2.45) is 0 Å². The summed E-state index contributed by atoms with van der Waals surface area (Å²) in [6, 6.07) is 0. The number of aliphatic hydroxyl groups is 1. The molecule has 0 radical (unpaired) electrons. The Hall–Kier alpha value is -0.300. The highest BCUT2D eigenvalue weighted by atomic mass is 16.3. The lowest BCUT2D eigenvalue weighted by Crippen LogP contribution is -1.98. The van der Waals surface area contributed by atoms with Crippen LogP contribution in [0.1, 0.15) is 32.6 Å². The van der Waals surface area contributed by atoms with Crippen LogP contribution < -0.4 is 0 Å². The zero-order valence-corrected chi connectivity index (χ0v) is 5.93. The van der Waals surface area contributed by atoms with E-state index < -0.39 is 0 Å². The second-order valence-corrected chi connectivity index (χ2v) is 2.71. The van der Waals surface area contributed by atoms with Gasteiger partial charge in [0.2, 0.25) is 0 Å². The normalized spacial score (nSPS) is 26.4. The Labute approximate surface area is 56.4 Å². The summed E-state index contributed by atoms with van der Waals surface area (Å²) in [5, 5.41) is 9.07. The highest BCUT2D eigenvalue weighted by molar-refractivity contribution is 5.10. The third-order valence-corrected chi connectivity index (χ3v) is 1.75. The minimum atomic E-state index is -0.0634. The first kappa shape index (κ1) is 6.81. The van der Waals surface area contributed by atoms with Gasteiger partial charge in [-0.1, -0.05) is 25.0 Å². The highest BCUT2D eigenvalue weighted by Crippen LogP contribution is 2.21. The van der Waals surface area contributed by atoms with Crippen molar-refractivity contribution in [3.63, 3.8) is 0 Å². The molecular weight excluding hydrogens is 112 g/mol. The van der Waals surface area contributed by atoms with Gasteiger partial charge in [-0.25, -0.2) is 0 Å². The van der Waals surface area contributed by atoms with E-state index in [1.807, 2.05) is 0 Å². The standard InChI is InChI=1S/C8H14O/c1-2-3-7-4-5-8(9)6-7/h4,8-9H,2-3,5-6H2,1H3. The van der Waals surface area contributed by atoms with Crippen LogP contribution in [-0.2, 0) is 0 Å². The van der Waals surface area contributed by atoms with Gasteiger partial charge in [-0.2, -0.15) is 0 Å². The zero-order chi connectivity index (χ0) is 6.69. The van der Waals surface area contributed by atoms with Crippen LogP contribution in [0.3, 0.4) is 0 Å². The first-order valence-corrected chi connectivity index (χ1v) is 3.69. The molecule has 1 atom stereocenters. The minimum Gasteiger partial charge on any atom is -0.392 e. The Morgan fingerprint density at radius 1 is 1.78 bits per heavy atom. The SMILES string of the molecule is CCCC1=CCC(O)C1. The van der Waals surface area contributed by atoms with Crippen LogP contribution in [0, 0.1) is 0 Å². The lowest BCUT2D eigenvalue weighted by molar-refractivity contribution is 0.187. The molecule has 9 heavy (non-hydrogen) atoms. The molecule has 0 aromatic carbocycles. The summed E-state index contributed by atoms with van der Waals surface area (Å²) < 4.78 is 0. The van der Waals surface area contributed by atoms with E-state index in [1.165, 1.54) is 18.4 Å². The summed E-state index contributed by atoms with van der Waals surface area (Å²) in [4.78, 5) is 0. The maximum absolute atomic E-state index is 9.07. The largest absolute Gasteiger partial charge is 0.392 e. The van der Waals surface area contributed by atoms with Crippen LogP contribution in [-0.4, -0.2) is 11.2 Å². The molecule has 0 heterocycles. The molecule has 0 aliphatic heterocycles. The van der Waals surface area contributed by atoms with Gasteiger partial charge in [0, 0.05) is 0 Å². The maximum Gasteiger partial charge on any atom is 0.0611 e. The molecule has 1 heteroatoms. The van der Waals surface area contributed by atoms with E-state index in [-0.39, 0.29) is 6.10 Å². The van der Waals surface area contributed by atoms with E-state index in [0.29, 0.717) is 0 Å². The molecule has 1 rings (SSSR count). The van der Waals surface area contributed by atoms with E-state index in [9.17, 15) is 0 Å². The van der Waals surface area contributed by atoms with Crippen molar-refractivity contribution < 1.29 is 5.11 Å². The molecule has 1 unspecified atom stereocenters. The fraction of sp³-hybridized carbons (Fsp3) is 0.750. The van der Waals surface area contributed by atoms with Crippen LogP contribution >= 0.6 is 0 Å². The third kappa shape index (κ3) is 1.83. The van der Waals surface area contributed by atoms with Gasteiger partial charge in [-0.15, -0.1) is 0 Å². The van der Waals surface area contributed by atoms with Gasteiger partial charge in [0.1, 0.15) is 0 Å². The third-order valence-electron chi connectivity index (χ3n) is 1.75. The lowest BCUT2D eigenvalue weighted by Gasteiger charge is -1.99. The second kappa shape index (κ2) is 3.02. The summed E-state index contributed by atoms with van der Waals surface area (Å²) in [7, 11) is 0. The molecule has 0 aromatic rings. The average Bonchev–Trinajstić information content (AvgIpc) is 2.17. The van der Waals surface area contributed by atoms with Crippen molar-refractivity contribution in [1.29, 1.82) is 0 Å². The van der Waals surface area contributed by atoms with Gasteiger partial charge in [0.05, 0.1) is 6.10 Å². The molecule has 0 spiro atoms. The molecule has 0 fully saturated rings. The predicted molar refractivity (Wildman–Crippen MR) is 38.2 cm³/mol. The molecule has 0 saturated heterocycles. The van der Waals surface area contributed by atoms with Gasteiger partial charge in [-0.3, -0.25) is 0 Å². The van der Waals surface area contributed by atoms with E-state index >= 15 is 0 Å². The summed E-state index contributed by atoms with van der Waals surface area (Å²) in [6.07, 6.45) is 6.30. The summed E-state index contributed by atoms with van der Waals surface area (Å²) in [5.74, 6) is 0. The van der Waals surface area contributed by atoms with Crippen molar-refractivity contribution in [2.75, 3.05) is 0 Å². The fourth-order valence-corrected chi connectivity index (χ4v) is 1.30. The summed E-state index contributed by atoms with van der Waals surface area (Å²) in [5.41, 5.74) is 1.45. The van der Waals surface area contributed by atoms with Crippen LogP contribution in [0.2, 0.25) is 0 Å². The molecule has 0 amide bonds. The van der Waals surface area contributed by atoms with Gasteiger partial charge >= 0.3 is 0 Å². The average molecular weight is 126 g/mol. The first-order chi connectivity index (χ1) is 4.33. The van der Waals surface area contributed by atoms with E-state index in [0.717, 1.165) is 12.8 Å². The minimum absolute atomic E-state index is 0.0634. The Balaban J connectivity index is 2.27. The molecule has 1 N–H and O–H groups in total. The molecule has 1 nitrogen and oxygen atoms in total. The van der Waals surface area contributed by atoms with Crippen LogP contribution in [0.25, 0.3) is 0 Å². The van der Waals surface area contributed by atoms with E-state index in [2.05, 4.69) is 13.0 Å². The number of rotatable bonds is 2. The second-order valence-electron chi connectivity index (χ2n) is 2.71. The number of hydrogen-bond acceptors (Lipinski definition) is 1. The zero-order valence-electron chi connectivity index (χ0n) is 5.93. The van der Waals surface area contributed by atoms with Crippen LogP contribution in [0.4, 0.5) is 0 Å². The summed E-state index contributed by atoms with van der Waals surface area (Å²) in [6.45, 7) is 2.17. The molecule has 0 saturated carbocycles. The van der Waals surface area contributed by atoms with E-state index in [4.69, 9.17) is 5.11 Å². The lowest BCUT2D eigenvalue weighted by atomic mass is 10.1. The van der Waals surface area contributed by atoms with Gasteiger partial charge in [0.25, 0.3) is 0 Å². The van der Waals surface area contributed by atoms with Gasteiger partial charge in [-0.05, 0) is 19.3 Å². The van der Waals surface area contributed by atoms with E-state index in [1.54, 1.807) is 0 Å². The smallest absolute Gasteiger partial charge is 0.0611 e. The highest BCUT2D eigenvalue weighted by Gasteiger charge is 2.11. The van der Waals surface area contributed by atoms with Crippen molar-refractivity contribution in [2.45, 2.75) is 38.7 Å². The molecule has 52 valence electrons. The Morgan fingerprint density at radius 3 is 3.00 bits per heavy atom. The molecule has 1 aliphatic rings. The van der Waals surface area contributed by atoms with Gasteiger partial charge < -0.3 is 5.11 Å². The van der Waals surface area contributed by atoms with Crippen molar-refractivity contribution in [3.8, 4) is 0 Å². The van der Waals surface area contributed by atoms with Gasteiger partial charge in [0.15, 0.2) is 0 Å². The fourth-order valence-electron chi connectivity index (χ4n) is 1.30. The van der Waals surface area contributed by atoms with Crippen molar-refractivity contribution in [3.05, 3.63) is 11.6 Å². The number of hydrogen-bond donors (Lipinski definition) is 1. The van der Waals surface area contributed by atoms with Crippen LogP contribution in [0.15, 0.2) is 11.6 Å². The monoisotopic (exact) mass is 126 g/mol. The van der Waals surface area contributed by atoms with Crippen molar-refractivity contribution >= 4 is 0 Å². The topological polar surface area (TPSA) is 20.2 Å². The Bertz CT molecular complexity index is 116. The maximum atomic E-state index is 9.07. The van der Waals surface area contributed by atoms with Crippen LogP contribution in [0.5, 0.6) is 0 Å². The van der Waals surface area contributed by atoms with Crippen molar-refractivity contribution in [1.82, 2.24) is 0 Å². The Morgan fingerprint density at radius 2 is 2.56 bits per heavy atom.